The molecule has 13 heteroatoms. The van der Waals surface area contributed by atoms with Crippen molar-refractivity contribution >= 4 is 28.6 Å². The molecule has 0 saturated carbocycles. The van der Waals surface area contributed by atoms with E-state index >= 15 is 0 Å². The molecule has 3 aromatic carbocycles. The second kappa shape index (κ2) is 14.2. The van der Waals surface area contributed by atoms with E-state index in [1.54, 1.807) is 32.0 Å². The van der Waals surface area contributed by atoms with Crippen molar-refractivity contribution in [1.29, 1.82) is 0 Å². The van der Waals surface area contributed by atoms with Crippen molar-refractivity contribution in [3.8, 4) is 17.1 Å². The predicted molar refractivity (Wildman–Crippen MR) is 172 cm³/mol. The van der Waals surface area contributed by atoms with Gasteiger partial charge in [-0.25, -0.2) is 14.8 Å². The van der Waals surface area contributed by atoms with Gasteiger partial charge < -0.3 is 29.5 Å². The Morgan fingerprint density at radius 1 is 1.00 bits per heavy atom. The minimum atomic E-state index is -5.42. The number of hydrogen-bond donors (Lipinski definition) is 2. The highest BCUT2D eigenvalue weighted by molar-refractivity contribution is 5.92. The number of aromatic hydroxyl groups is 1. The van der Waals surface area contributed by atoms with Gasteiger partial charge in [-0.15, -0.1) is 0 Å². The fourth-order valence-corrected chi connectivity index (χ4v) is 5.75. The number of esters is 1. The van der Waals surface area contributed by atoms with Gasteiger partial charge in [-0.1, -0.05) is 62.4 Å². The van der Waals surface area contributed by atoms with Gasteiger partial charge in [0.15, 0.2) is 5.82 Å². The van der Waals surface area contributed by atoms with Crippen LogP contribution >= 0.6 is 0 Å². The number of aliphatic hydroxyl groups is 1. The predicted octanol–water partition coefficient (Wildman–Crippen LogP) is 5.39. The number of carbonyl (C=O) groups excluding carboxylic acids is 2. The molecule has 1 fully saturated rings. The standard InChI is InChI=1S/C35H37F3N4O6/c1-22(2)18-34(46,48-33(45)35(36,37)38)32(44)42-16-15-41(19-25(42)21-47-20-24-9-5-4-6-10-24)31-26-14-13-23(3)17-28(26)39-30(40-31)27-11-7-8-12-29(27)43/h4-14,17,22,25,43,46H,15-16,18-21H2,1-3H3/t25-,34-/m1/s1. The van der Waals surface area contributed by atoms with Crippen LogP contribution in [0.4, 0.5) is 19.0 Å². The molecule has 5 rings (SSSR count). The molecule has 1 aliphatic heterocycles. The number of ether oxygens (including phenoxy) is 2. The van der Waals surface area contributed by atoms with Gasteiger partial charge in [-0.05, 0) is 48.2 Å². The molecule has 0 aliphatic carbocycles. The van der Waals surface area contributed by atoms with Gasteiger partial charge in [-0.2, -0.15) is 13.2 Å². The summed E-state index contributed by atoms with van der Waals surface area (Å²) in [6.45, 7) is 5.42. The number of hydrogen-bond acceptors (Lipinski definition) is 9. The first-order chi connectivity index (χ1) is 22.7. The summed E-state index contributed by atoms with van der Waals surface area (Å²) in [4.78, 5) is 38.5. The number of carbonyl (C=O) groups is 2. The molecule has 1 amide bonds. The van der Waals surface area contributed by atoms with Gasteiger partial charge in [-0.3, -0.25) is 4.79 Å². The van der Waals surface area contributed by atoms with Crippen LogP contribution in [0.15, 0.2) is 72.8 Å². The highest BCUT2D eigenvalue weighted by Gasteiger charge is 2.52. The molecular weight excluding hydrogens is 629 g/mol. The lowest BCUT2D eigenvalue weighted by molar-refractivity contribution is -0.251. The van der Waals surface area contributed by atoms with Gasteiger partial charge in [0.2, 0.25) is 0 Å². The molecule has 2 atom stereocenters. The normalized spacial score (nSPS) is 16.6. The number of benzene rings is 3. The Morgan fingerprint density at radius 2 is 1.71 bits per heavy atom. The van der Waals surface area contributed by atoms with Gasteiger partial charge in [0, 0.05) is 31.4 Å². The van der Waals surface area contributed by atoms with Crippen molar-refractivity contribution in [2.24, 2.45) is 5.92 Å². The monoisotopic (exact) mass is 666 g/mol. The first kappa shape index (κ1) is 34.6. The first-order valence-electron chi connectivity index (χ1n) is 15.5. The summed E-state index contributed by atoms with van der Waals surface area (Å²) < 4.78 is 50.2. The Morgan fingerprint density at radius 3 is 2.40 bits per heavy atom. The zero-order chi connectivity index (χ0) is 34.6. The zero-order valence-corrected chi connectivity index (χ0v) is 26.8. The summed E-state index contributed by atoms with van der Waals surface area (Å²) in [6.07, 6.45) is -5.97. The molecule has 254 valence electrons. The number of phenolic OH excluding ortho intramolecular Hbond substituents is 1. The Kier molecular flexibility index (Phi) is 10.2. The van der Waals surface area contributed by atoms with E-state index in [2.05, 4.69) is 4.74 Å². The Labute approximate surface area is 275 Å². The molecule has 0 spiro atoms. The molecule has 48 heavy (non-hydrogen) atoms. The van der Waals surface area contributed by atoms with Gasteiger partial charge in [0.05, 0.1) is 30.3 Å². The third kappa shape index (κ3) is 7.85. The molecule has 1 aliphatic rings. The van der Waals surface area contributed by atoms with Gasteiger partial charge >= 0.3 is 12.1 Å². The molecular formula is C35H37F3N4O6. The summed E-state index contributed by atoms with van der Waals surface area (Å²) >= 11 is 0. The van der Waals surface area contributed by atoms with Crippen LogP contribution in [0.5, 0.6) is 5.75 Å². The van der Waals surface area contributed by atoms with Crippen LogP contribution in [0.3, 0.4) is 0 Å². The third-order valence-corrected chi connectivity index (χ3v) is 7.95. The van der Waals surface area contributed by atoms with Crippen molar-refractivity contribution in [2.75, 3.05) is 31.1 Å². The third-order valence-electron chi connectivity index (χ3n) is 7.95. The summed E-state index contributed by atoms with van der Waals surface area (Å²) in [6, 6.07) is 20.8. The SMILES string of the molecule is Cc1ccc2c(N3CCN(C(=O)[C@@](O)(CC(C)C)OC(=O)C(F)(F)F)[C@@H](COCc4ccccc4)C3)nc(-c3ccccc3O)nc2c1. The number of fused-ring (bicyclic) bond motifs is 1. The zero-order valence-electron chi connectivity index (χ0n) is 26.8. The molecule has 0 unspecified atom stereocenters. The van der Waals surface area contributed by atoms with E-state index in [-0.39, 0.29) is 44.4 Å². The molecule has 1 aromatic heterocycles. The van der Waals surface area contributed by atoms with Crippen molar-refractivity contribution in [1.82, 2.24) is 14.9 Å². The van der Waals surface area contributed by atoms with E-state index in [1.165, 1.54) is 11.0 Å². The van der Waals surface area contributed by atoms with Crippen LogP contribution in [0, 0.1) is 12.8 Å². The first-order valence-corrected chi connectivity index (χ1v) is 15.5. The lowest BCUT2D eigenvalue weighted by atomic mass is 9.99. The summed E-state index contributed by atoms with van der Waals surface area (Å²) in [5, 5.41) is 22.6. The van der Waals surface area contributed by atoms with E-state index in [4.69, 9.17) is 14.7 Å². The fourth-order valence-electron chi connectivity index (χ4n) is 5.75. The smallest absolute Gasteiger partial charge is 0.491 e. The van der Waals surface area contributed by atoms with E-state index in [1.807, 2.05) is 60.4 Å². The van der Waals surface area contributed by atoms with Gasteiger partial charge in [0.25, 0.3) is 11.7 Å². The summed E-state index contributed by atoms with van der Waals surface area (Å²) in [5.41, 5.74) is 2.86. The molecule has 2 N–H and O–H groups in total. The quantitative estimate of drug-likeness (QED) is 0.169. The average molecular weight is 667 g/mol. The number of anilines is 1. The highest BCUT2D eigenvalue weighted by Crippen LogP contribution is 2.34. The molecule has 0 radical (unpaired) electrons. The Bertz CT molecular complexity index is 1770. The second-order valence-electron chi connectivity index (χ2n) is 12.3. The maximum absolute atomic E-state index is 13.9. The van der Waals surface area contributed by atoms with E-state index in [0.29, 0.717) is 22.3 Å². The lowest BCUT2D eigenvalue weighted by Gasteiger charge is -2.44. The topological polar surface area (TPSA) is 125 Å². The number of para-hydroxylation sites is 1. The number of aromatic nitrogens is 2. The van der Waals surface area contributed by atoms with E-state index < -0.39 is 42.2 Å². The second-order valence-corrected chi connectivity index (χ2v) is 12.3. The van der Waals surface area contributed by atoms with Crippen molar-refractivity contribution in [2.45, 2.75) is 51.8 Å². The number of amides is 1. The molecule has 4 aromatic rings. The maximum Gasteiger partial charge on any atom is 0.491 e. The summed E-state index contributed by atoms with van der Waals surface area (Å²) in [5.74, 6) is -6.60. The highest BCUT2D eigenvalue weighted by atomic mass is 19.4. The van der Waals surface area contributed by atoms with Crippen LogP contribution < -0.4 is 4.90 Å². The summed E-state index contributed by atoms with van der Waals surface area (Å²) in [7, 11) is 0. The number of halogens is 3. The lowest BCUT2D eigenvalue weighted by Crippen LogP contribution is -2.63. The van der Waals surface area contributed by atoms with Crippen molar-refractivity contribution in [3.05, 3.63) is 83.9 Å². The molecule has 2 heterocycles. The maximum atomic E-state index is 13.9. The molecule has 10 nitrogen and oxygen atoms in total. The fraction of sp³-hybridized carbons (Fsp3) is 0.371. The number of aryl methyl sites for hydroxylation is 1. The Balaban J connectivity index is 1.51. The number of phenols is 1. The number of nitrogens with zero attached hydrogens (tertiary/aromatic N) is 4. The van der Waals surface area contributed by atoms with Crippen molar-refractivity contribution < 1.29 is 42.4 Å². The minimum absolute atomic E-state index is 0.00380. The number of piperazine rings is 1. The molecule has 1 saturated heterocycles. The van der Waals surface area contributed by atoms with Crippen LogP contribution in [-0.4, -0.2) is 81.2 Å². The van der Waals surface area contributed by atoms with Crippen molar-refractivity contribution in [3.63, 3.8) is 0 Å². The van der Waals surface area contributed by atoms with Crippen LogP contribution in [0.1, 0.15) is 31.4 Å². The minimum Gasteiger partial charge on any atom is -0.507 e. The number of rotatable bonds is 10. The molecule has 0 bridgehead atoms. The van der Waals surface area contributed by atoms with Crippen LogP contribution in [0.2, 0.25) is 0 Å². The van der Waals surface area contributed by atoms with Crippen LogP contribution in [0.25, 0.3) is 22.3 Å². The van der Waals surface area contributed by atoms with E-state index in [0.717, 1.165) is 11.1 Å². The van der Waals surface area contributed by atoms with Crippen LogP contribution in [-0.2, 0) is 25.7 Å². The largest absolute Gasteiger partial charge is 0.507 e. The number of alkyl halides is 3. The average Bonchev–Trinajstić information content (AvgIpc) is 3.03. The van der Waals surface area contributed by atoms with E-state index in [9.17, 15) is 33.0 Å². The van der Waals surface area contributed by atoms with Gasteiger partial charge in [0.1, 0.15) is 11.6 Å². The Hall–Kier alpha value is -4.75.